The van der Waals surface area contributed by atoms with Gasteiger partial charge in [-0.05, 0) is 66.2 Å². The lowest BCUT2D eigenvalue weighted by Gasteiger charge is -2.14. The van der Waals surface area contributed by atoms with Gasteiger partial charge in [-0.3, -0.25) is 9.69 Å². The Balaban J connectivity index is 1.86. The van der Waals surface area contributed by atoms with E-state index < -0.39 is 5.97 Å². The maximum atomic E-state index is 12.9. The van der Waals surface area contributed by atoms with Gasteiger partial charge < -0.3 is 9.47 Å². The number of nitrogens with zero attached hydrogens (tertiary/aromatic N) is 2. The Kier molecular flexibility index (Phi) is 6.72. The van der Waals surface area contributed by atoms with Crippen molar-refractivity contribution in [1.29, 1.82) is 0 Å². The molecule has 0 bridgehead atoms. The zero-order valence-electron chi connectivity index (χ0n) is 16.5. The molecule has 0 aliphatic carbocycles. The number of aliphatic imine (C=N–C) groups is 1. The first-order valence-electron chi connectivity index (χ1n) is 9.18. The Hall–Kier alpha value is -3.06. The molecule has 0 unspecified atom stereocenters. The molecular formula is C22H22N2O4S. The third-order valence-corrected chi connectivity index (χ3v) is 5.27. The summed E-state index contributed by atoms with van der Waals surface area (Å²) in [5, 5.41) is 0.652. The number of esters is 1. The molecular weight excluding hydrogens is 388 g/mol. The van der Waals surface area contributed by atoms with Crippen molar-refractivity contribution in [2.24, 2.45) is 4.99 Å². The first kappa shape index (κ1) is 20.7. The van der Waals surface area contributed by atoms with Gasteiger partial charge in [-0.1, -0.05) is 19.1 Å². The van der Waals surface area contributed by atoms with Crippen molar-refractivity contribution < 1.29 is 19.1 Å². The topological polar surface area (TPSA) is 68.2 Å². The lowest BCUT2D eigenvalue weighted by Crippen LogP contribution is -2.29. The SMILES string of the molecule is CCCN1C(=O)C(=Cc2ccc(C(=O)OC)cc2)SC1=Nc1ccc(OC)cc1. The molecule has 1 heterocycles. The Morgan fingerprint density at radius 2 is 1.79 bits per heavy atom. The van der Waals surface area contributed by atoms with E-state index in [2.05, 4.69) is 4.99 Å². The van der Waals surface area contributed by atoms with Gasteiger partial charge in [-0.2, -0.15) is 0 Å². The van der Waals surface area contributed by atoms with Crippen LogP contribution in [-0.2, 0) is 9.53 Å². The van der Waals surface area contributed by atoms with E-state index in [1.54, 1.807) is 36.3 Å². The highest BCUT2D eigenvalue weighted by Gasteiger charge is 2.32. The van der Waals surface area contributed by atoms with Crippen molar-refractivity contribution in [2.75, 3.05) is 20.8 Å². The minimum Gasteiger partial charge on any atom is -0.497 e. The van der Waals surface area contributed by atoms with Crippen molar-refractivity contribution in [2.45, 2.75) is 13.3 Å². The number of ether oxygens (including phenoxy) is 2. The number of hydrogen-bond donors (Lipinski definition) is 0. The van der Waals surface area contributed by atoms with Crippen LogP contribution >= 0.6 is 11.8 Å². The summed E-state index contributed by atoms with van der Waals surface area (Å²) in [6, 6.07) is 14.3. The summed E-state index contributed by atoms with van der Waals surface area (Å²) in [5.41, 5.74) is 2.05. The van der Waals surface area contributed by atoms with Crippen LogP contribution in [0.25, 0.3) is 6.08 Å². The number of methoxy groups -OCH3 is 2. The van der Waals surface area contributed by atoms with Gasteiger partial charge in [-0.15, -0.1) is 0 Å². The highest BCUT2D eigenvalue weighted by molar-refractivity contribution is 8.18. The summed E-state index contributed by atoms with van der Waals surface area (Å²) in [4.78, 5) is 31.4. The third-order valence-electron chi connectivity index (χ3n) is 4.26. The number of rotatable bonds is 6. The Labute approximate surface area is 174 Å². The lowest BCUT2D eigenvalue weighted by atomic mass is 10.1. The highest BCUT2D eigenvalue weighted by atomic mass is 32.2. The molecule has 2 aromatic carbocycles. The predicted octanol–water partition coefficient (Wildman–Crippen LogP) is 4.50. The van der Waals surface area contributed by atoms with E-state index in [0.29, 0.717) is 22.2 Å². The van der Waals surface area contributed by atoms with E-state index in [-0.39, 0.29) is 5.91 Å². The van der Waals surface area contributed by atoms with Crippen molar-refractivity contribution in [3.63, 3.8) is 0 Å². The summed E-state index contributed by atoms with van der Waals surface area (Å²) < 4.78 is 9.88. The molecule has 0 aromatic heterocycles. The van der Waals surface area contributed by atoms with E-state index in [0.717, 1.165) is 23.4 Å². The third kappa shape index (κ3) is 4.86. The zero-order valence-corrected chi connectivity index (χ0v) is 17.4. The number of carbonyl (C=O) groups excluding carboxylic acids is 2. The van der Waals surface area contributed by atoms with Crippen LogP contribution in [0, 0.1) is 0 Å². The molecule has 1 aliphatic heterocycles. The lowest BCUT2D eigenvalue weighted by molar-refractivity contribution is -0.122. The predicted molar refractivity (Wildman–Crippen MR) is 115 cm³/mol. The monoisotopic (exact) mass is 410 g/mol. The molecule has 1 fully saturated rings. The average Bonchev–Trinajstić information content (AvgIpc) is 3.03. The van der Waals surface area contributed by atoms with Crippen molar-refractivity contribution in [1.82, 2.24) is 4.90 Å². The second kappa shape index (κ2) is 9.43. The molecule has 0 N–H and O–H groups in total. The van der Waals surface area contributed by atoms with Gasteiger partial charge in [0.2, 0.25) is 0 Å². The standard InChI is InChI=1S/C22H22N2O4S/c1-4-13-24-20(25)19(14-15-5-7-16(8-6-15)21(26)28-3)29-22(24)23-17-9-11-18(27-2)12-10-17/h5-12,14H,4,13H2,1-3H3. The fourth-order valence-corrected chi connectivity index (χ4v) is 3.79. The number of thioether (sulfide) groups is 1. The van der Waals surface area contributed by atoms with Gasteiger partial charge >= 0.3 is 5.97 Å². The number of amides is 1. The molecule has 0 atom stereocenters. The fourth-order valence-electron chi connectivity index (χ4n) is 2.76. The summed E-state index contributed by atoms with van der Waals surface area (Å²) in [6.45, 7) is 2.62. The molecule has 3 rings (SSSR count). The Morgan fingerprint density at radius 3 is 2.38 bits per heavy atom. The van der Waals surface area contributed by atoms with E-state index in [4.69, 9.17) is 9.47 Å². The molecule has 0 saturated carbocycles. The summed E-state index contributed by atoms with van der Waals surface area (Å²) >= 11 is 1.35. The van der Waals surface area contributed by atoms with Crippen LogP contribution < -0.4 is 4.74 Å². The molecule has 29 heavy (non-hydrogen) atoms. The molecule has 6 nitrogen and oxygen atoms in total. The number of benzene rings is 2. The number of amidine groups is 1. The van der Waals surface area contributed by atoms with Crippen molar-refractivity contribution >= 4 is 40.6 Å². The van der Waals surface area contributed by atoms with Crippen LogP contribution in [0.5, 0.6) is 5.75 Å². The Morgan fingerprint density at radius 1 is 1.10 bits per heavy atom. The molecule has 7 heteroatoms. The molecule has 0 spiro atoms. The quantitative estimate of drug-likeness (QED) is 0.518. The average molecular weight is 410 g/mol. The first-order chi connectivity index (χ1) is 14.0. The van der Waals surface area contributed by atoms with E-state index >= 15 is 0 Å². The molecule has 0 radical (unpaired) electrons. The minimum absolute atomic E-state index is 0.0684. The van der Waals surface area contributed by atoms with E-state index in [1.807, 2.05) is 37.3 Å². The zero-order chi connectivity index (χ0) is 20.8. The maximum Gasteiger partial charge on any atom is 0.337 e. The van der Waals surface area contributed by atoms with Gasteiger partial charge in [0, 0.05) is 6.54 Å². The van der Waals surface area contributed by atoms with Gasteiger partial charge in [-0.25, -0.2) is 9.79 Å². The largest absolute Gasteiger partial charge is 0.497 e. The highest BCUT2D eigenvalue weighted by Crippen LogP contribution is 2.34. The molecule has 2 aromatic rings. The number of hydrogen-bond acceptors (Lipinski definition) is 6. The van der Waals surface area contributed by atoms with Crippen LogP contribution in [0.15, 0.2) is 58.4 Å². The van der Waals surface area contributed by atoms with Crippen LogP contribution in [-0.4, -0.2) is 42.7 Å². The van der Waals surface area contributed by atoms with Crippen LogP contribution in [0.4, 0.5) is 5.69 Å². The van der Waals surface area contributed by atoms with Gasteiger partial charge in [0.05, 0.1) is 30.4 Å². The van der Waals surface area contributed by atoms with Gasteiger partial charge in [0.25, 0.3) is 5.91 Å². The van der Waals surface area contributed by atoms with E-state index in [9.17, 15) is 9.59 Å². The summed E-state index contributed by atoms with van der Waals surface area (Å²) in [6.07, 6.45) is 2.64. The van der Waals surface area contributed by atoms with E-state index in [1.165, 1.54) is 18.9 Å². The molecule has 1 amide bonds. The smallest absolute Gasteiger partial charge is 0.337 e. The normalized spacial score (nSPS) is 16.5. The maximum absolute atomic E-state index is 12.9. The molecule has 1 saturated heterocycles. The van der Waals surface area contributed by atoms with Crippen LogP contribution in [0.3, 0.4) is 0 Å². The minimum atomic E-state index is -0.390. The van der Waals surface area contributed by atoms with Gasteiger partial charge in [0.15, 0.2) is 5.17 Å². The van der Waals surface area contributed by atoms with Crippen molar-refractivity contribution in [3.05, 3.63) is 64.6 Å². The van der Waals surface area contributed by atoms with Crippen LogP contribution in [0.2, 0.25) is 0 Å². The second-order valence-electron chi connectivity index (χ2n) is 6.27. The Bertz CT molecular complexity index is 950. The number of carbonyl (C=O) groups is 2. The summed E-state index contributed by atoms with van der Waals surface area (Å²) in [5.74, 6) is 0.296. The first-order valence-corrected chi connectivity index (χ1v) is 10.00. The second-order valence-corrected chi connectivity index (χ2v) is 7.28. The summed E-state index contributed by atoms with van der Waals surface area (Å²) in [7, 11) is 2.96. The molecule has 150 valence electrons. The van der Waals surface area contributed by atoms with Crippen molar-refractivity contribution in [3.8, 4) is 5.75 Å². The van der Waals surface area contributed by atoms with Crippen LogP contribution in [0.1, 0.15) is 29.3 Å². The fraction of sp³-hybridized carbons (Fsp3) is 0.227. The molecule has 1 aliphatic rings. The van der Waals surface area contributed by atoms with Gasteiger partial charge in [0.1, 0.15) is 5.75 Å².